The van der Waals surface area contributed by atoms with Crippen molar-refractivity contribution < 1.29 is 0 Å². The van der Waals surface area contributed by atoms with Crippen LogP contribution in [0.2, 0.25) is 0 Å². The van der Waals surface area contributed by atoms with Crippen LogP contribution in [-0.4, -0.2) is 15.2 Å². The molecule has 0 unspecified atom stereocenters. The fourth-order valence-corrected chi connectivity index (χ4v) is 2.62. The molecule has 0 spiro atoms. The molecule has 3 aromatic carbocycles. The number of rotatable bonds is 4. The number of aromatic amines is 1. The van der Waals surface area contributed by atoms with Gasteiger partial charge in [-0.2, -0.15) is 4.98 Å². The highest BCUT2D eigenvalue weighted by Crippen LogP contribution is 2.18. The molecule has 4 aromatic rings. The van der Waals surface area contributed by atoms with Gasteiger partial charge in [-0.1, -0.05) is 60.7 Å². The summed E-state index contributed by atoms with van der Waals surface area (Å²) in [5, 5.41) is 12.9. The molecule has 4 rings (SSSR count). The molecule has 0 saturated heterocycles. The van der Waals surface area contributed by atoms with Crippen LogP contribution in [-0.2, 0) is 6.42 Å². The van der Waals surface area contributed by atoms with Crippen LogP contribution in [0.25, 0.3) is 10.8 Å². The van der Waals surface area contributed by atoms with E-state index in [4.69, 9.17) is 0 Å². The second kappa shape index (κ2) is 5.93. The summed E-state index contributed by atoms with van der Waals surface area (Å²) >= 11 is 0. The predicted molar refractivity (Wildman–Crippen MR) is 92.9 cm³/mol. The Bertz CT molecular complexity index is 928. The minimum Gasteiger partial charge on any atom is -0.323 e. The molecule has 4 heteroatoms. The van der Waals surface area contributed by atoms with Gasteiger partial charge in [0.2, 0.25) is 5.95 Å². The Morgan fingerprint density at radius 1 is 0.826 bits per heavy atom. The molecule has 1 aromatic heterocycles. The Labute approximate surface area is 134 Å². The lowest BCUT2D eigenvalue weighted by molar-refractivity contribution is 0.974. The highest BCUT2D eigenvalue weighted by molar-refractivity contribution is 5.83. The van der Waals surface area contributed by atoms with Crippen LogP contribution in [0.4, 0.5) is 11.6 Å². The lowest BCUT2D eigenvalue weighted by atomic mass is 10.1. The van der Waals surface area contributed by atoms with Gasteiger partial charge >= 0.3 is 0 Å². The van der Waals surface area contributed by atoms with Gasteiger partial charge in [0.15, 0.2) is 0 Å². The summed E-state index contributed by atoms with van der Waals surface area (Å²) < 4.78 is 0. The SMILES string of the molecule is c1ccc(Nc2n[nH]c(Cc3ccc4ccccc4c3)n2)cc1. The molecule has 4 nitrogen and oxygen atoms in total. The van der Waals surface area contributed by atoms with Crippen LogP contribution >= 0.6 is 0 Å². The second-order valence-electron chi connectivity index (χ2n) is 5.46. The molecular formula is C19H16N4. The number of nitrogens with zero attached hydrogens (tertiary/aromatic N) is 2. The summed E-state index contributed by atoms with van der Waals surface area (Å²) in [6, 6.07) is 24.7. The van der Waals surface area contributed by atoms with Gasteiger partial charge in [0.25, 0.3) is 0 Å². The van der Waals surface area contributed by atoms with E-state index in [2.05, 4.69) is 63.0 Å². The first-order valence-corrected chi connectivity index (χ1v) is 7.58. The third-order valence-electron chi connectivity index (χ3n) is 3.75. The van der Waals surface area contributed by atoms with Crippen molar-refractivity contribution in [1.82, 2.24) is 15.2 Å². The number of nitrogens with one attached hydrogen (secondary N) is 2. The van der Waals surface area contributed by atoms with E-state index in [1.807, 2.05) is 30.3 Å². The maximum atomic E-state index is 4.50. The summed E-state index contributed by atoms with van der Waals surface area (Å²) in [6.45, 7) is 0. The van der Waals surface area contributed by atoms with Crippen LogP contribution in [0.3, 0.4) is 0 Å². The minimum absolute atomic E-state index is 0.590. The van der Waals surface area contributed by atoms with Crippen molar-refractivity contribution in [3.63, 3.8) is 0 Å². The number of hydrogen-bond acceptors (Lipinski definition) is 3. The lowest BCUT2D eigenvalue weighted by Gasteiger charge is -2.02. The molecule has 0 fully saturated rings. The summed E-state index contributed by atoms with van der Waals surface area (Å²) in [6.07, 6.45) is 0.730. The van der Waals surface area contributed by atoms with Gasteiger partial charge in [-0.25, -0.2) is 0 Å². The molecule has 0 bridgehead atoms. The standard InChI is InChI=1S/C19H16N4/c1-2-8-17(9-3-1)20-19-21-18(22-23-19)13-14-10-11-15-6-4-5-7-16(15)12-14/h1-12H,13H2,(H2,20,21,22,23). The van der Waals surface area contributed by atoms with E-state index in [0.29, 0.717) is 5.95 Å². The Morgan fingerprint density at radius 3 is 2.48 bits per heavy atom. The van der Waals surface area contributed by atoms with E-state index >= 15 is 0 Å². The summed E-state index contributed by atoms with van der Waals surface area (Å²) in [4.78, 5) is 4.50. The van der Waals surface area contributed by atoms with Crippen LogP contribution in [0.5, 0.6) is 0 Å². The zero-order valence-corrected chi connectivity index (χ0v) is 12.5. The van der Waals surface area contributed by atoms with E-state index in [-0.39, 0.29) is 0 Å². The van der Waals surface area contributed by atoms with Crippen molar-refractivity contribution in [2.45, 2.75) is 6.42 Å². The third kappa shape index (κ3) is 3.06. The van der Waals surface area contributed by atoms with Crippen molar-refractivity contribution in [2.75, 3.05) is 5.32 Å². The molecule has 0 aliphatic rings. The van der Waals surface area contributed by atoms with Gasteiger partial charge in [-0.05, 0) is 28.5 Å². The maximum absolute atomic E-state index is 4.50. The monoisotopic (exact) mass is 300 g/mol. The number of benzene rings is 3. The smallest absolute Gasteiger partial charge is 0.246 e. The van der Waals surface area contributed by atoms with Crippen LogP contribution in [0.15, 0.2) is 72.8 Å². The number of hydrogen-bond donors (Lipinski definition) is 2. The summed E-state index contributed by atoms with van der Waals surface area (Å²) in [7, 11) is 0. The zero-order chi connectivity index (χ0) is 15.5. The minimum atomic E-state index is 0.590. The molecule has 1 heterocycles. The second-order valence-corrected chi connectivity index (χ2v) is 5.46. The molecule has 0 aliphatic carbocycles. The average molecular weight is 300 g/mol. The summed E-state index contributed by atoms with van der Waals surface area (Å²) in [5.74, 6) is 1.44. The number of H-pyrrole nitrogens is 1. The highest BCUT2D eigenvalue weighted by atomic mass is 15.3. The van der Waals surface area contributed by atoms with Gasteiger partial charge in [0, 0.05) is 12.1 Å². The van der Waals surface area contributed by atoms with E-state index < -0.39 is 0 Å². The highest BCUT2D eigenvalue weighted by Gasteiger charge is 2.05. The molecule has 0 radical (unpaired) electrons. The Morgan fingerprint density at radius 2 is 1.61 bits per heavy atom. The average Bonchev–Trinajstić information content (AvgIpc) is 3.02. The van der Waals surface area contributed by atoms with Crippen molar-refractivity contribution in [1.29, 1.82) is 0 Å². The van der Waals surface area contributed by atoms with Gasteiger partial charge in [-0.15, -0.1) is 5.10 Å². The van der Waals surface area contributed by atoms with E-state index in [1.54, 1.807) is 0 Å². The molecule has 0 amide bonds. The number of anilines is 2. The van der Waals surface area contributed by atoms with E-state index in [9.17, 15) is 0 Å². The topological polar surface area (TPSA) is 53.6 Å². The number of aromatic nitrogens is 3. The predicted octanol–water partition coefficient (Wildman–Crippen LogP) is 4.29. The van der Waals surface area contributed by atoms with Crippen LogP contribution in [0, 0.1) is 0 Å². The fraction of sp³-hybridized carbons (Fsp3) is 0.0526. The Hall–Kier alpha value is -3.14. The number of para-hydroxylation sites is 1. The maximum Gasteiger partial charge on any atom is 0.246 e. The Balaban J connectivity index is 1.52. The van der Waals surface area contributed by atoms with Gasteiger partial charge in [-0.3, -0.25) is 5.10 Å². The fourth-order valence-electron chi connectivity index (χ4n) is 2.62. The van der Waals surface area contributed by atoms with Crippen molar-refractivity contribution in [2.24, 2.45) is 0 Å². The normalized spacial score (nSPS) is 10.8. The Kier molecular flexibility index (Phi) is 3.48. The largest absolute Gasteiger partial charge is 0.323 e. The first-order chi connectivity index (χ1) is 11.4. The molecule has 2 N–H and O–H groups in total. The first kappa shape index (κ1) is 13.5. The van der Waals surface area contributed by atoms with Gasteiger partial charge < -0.3 is 5.32 Å². The number of fused-ring (bicyclic) bond motifs is 1. The zero-order valence-electron chi connectivity index (χ0n) is 12.5. The van der Waals surface area contributed by atoms with Crippen LogP contribution < -0.4 is 5.32 Å². The third-order valence-corrected chi connectivity index (χ3v) is 3.75. The van der Waals surface area contributed by atoms with Gasteiger partial charge in [0.05, 0.1) is 0 Å². The molecular weight excluding hydrogens is 284 g/mol. The molecule has 112 valence electrons. The van der Waals surface area contributed by atoms with E-state index in [0.717, 1.165) is 17.9 Å². The molecule has 0 atom stereocenters. The molecule has 23 heavy (non-hydrogen) atoms. The van der Waals surface area contributed by atoms with Gasteiger partial charge in [0.1, 0.15) is 5.82 Å². The quantitative estimate of drug-likeness (QED) is 0.591. The van der Waals surface area contributed by atoms with E-state index in [1.165, 1.54) is 16.3 Å². The summed E-state index contributed by atoms with van der Waals surface area (Å²) in [5.41, 5.74) is 2.19. The van der Waals surface area contributed by atoms with Crippen LogP contribution in [0.1, 0.15) is 11.4 Å². The van der Waals surface area contributed by atoms with Crippen molar-refractivity contribution in [3.05, 3.63) is 84.2 Å². The van der Waals surface area contributed by atoms with Crippen molar-refractivity contribution >= 4 is 22.4 Å². The van der Waals surface area contributed by atoms with Crippen molar-refractivity contribution in [3.8, 4) is 0 Å². The lowest BCUT2D eigenvalue weighted by Crippen LogP contribution is -1.93. The molecule has 0 aliphatic heterocycles. The molecule has 0 saturated carbocycles. The first-order valence-electron chi connectivity index (χ1n) is 7.58.